The molecule has 0 aromatic heterocycles. The number of carbonyl (C=O) groups excluding carboxylic acids is 2. The average Bonchev–Trinajstić information content (AvgIpc) is 3.37. The van der Waals surface area contributed by atoms with E-state index in [0.29, 0.717) is 17.4 Å². The summed E-state index contributed by atoms with van der Waals surface area (Å²) in [6.07, 6.45) is 78.7. The van der Waals surface area contributed by atoms with Gasteiger partial charge < -0.3 is 18.9 Å². The third-order valence-electron chi connectivity index (χ3n) is 12.2. The molecule has 9 nitrogen and oxygen atoms in total. The van der Waals surface area contributed by atoms with Crippen molar-refractivity contribution in [2.75, 3.05) is 47.5 Å². The number of ether oxygens (including phenoxy) is 2. The molecular formula is C65H111NO8P+. The van der Waals surface area contributed by atoms with Crippen LogP contribution in [0, 0.1) is 0 Å². The lowest BCUT2D eigenvalue weighted by atomic mass is 10.0. The van der Waals surface area contributed by atoms with Gasteiger partial charge in [0.05, 0.1) is 27.7 Å². The van der Waals surface area contributed by atoms with Crippen LogP contribution in [0.1, 0.15) is 226 Å². The number of phosphoric ester groups is 1. The first-order valence-electron chi connectivity index (χ1n) is 29.8. The number of allylic oxidation sites excluding steroid dienone is 20. The minimum absolute atomic E-state index is 0.0260. The Morgan fingerprint density at radius 2 is 0.760 bits per heavy atom. The van der Waals surface area contributed by atoms with Crippen molar-refractivity contribution >= 4 is 19.8 Å². The number of phosphoric acid groups is 1. The standard InChI is InChI=1S/C65H110NO8P/c1-6-8-10-12-14-16-18-19-20-21-22-23-24-25-26-27-28-29-30-31-32-33-34-35-36-37-38-39-40-41-42-43-44-45-46-47-48-50-52-54-56-58-65(68)74-63(62-73-75(69,70)72-60-59-66(3,4)5)61-71-64(67)57-55-53-51-49-17-15-13-11-9-7-2/h8,10-11,13-14,16,19-20,22-23,25-26,28-29,31-32,34-35,37-38,63H,6-7,9,12,15,17-18,21,24,27,30,33,36,39-62H2,1-5H3/p+1/b10-8-,13-11-,16-14-,20-19-,23-22-,26-25-,29-28-,32-31-,35-34-,38-37-. The number of nitrogens with zero attached hydrogens (tertiary/aromatic N) is 1. The number of rotatable bonds is 53. The zero-order chi connectivity index (χ0) is 54.9. The Kier molecular flexibility index (Phi) is 52.5. The Morgan fingerprint density at radius 3 is 1.15 bits per heavy atom. The second-order valence-electron chi connectivity index (χ2n) is 20.6. The van der Waals surface area contributed by atoms with Gasteiger partial charge in [0.25, 0.3) is 0 Å². The van der Waals surface area contributed by atoms with E-state index < -0.39 is 26.5 Å². The van der Waals surface area contributed by atoms with Crippen molar-refractivity contribution in [1.29, 1.82) is 0 Å². The summed E-state index contributed by atoms with van der Waals surface area (Å²) in [6.45, 7) is 4.23. The lowest BCUT2D eigenvalue weighted by Gasteiger charge is -2.24. The van der Waals surface area contributed by atoms with Gasteiger partial charge in [-0.15, -0.1) is 0 Å². The first-order valence-corrected chi connectivity index (χ1v) is 31.3. The number of esters is 2. The minimum Gasteiger partial charge on any atom is -0.462 e. The van der Waals surface area contributed by atoms with Gasteiger partial charge in [-0.05, 0) is 103 Å². The molecular weight excluding hydrogens is 954 g/mol. The van der Waals surface area contributed by atoms with Gasteiger partial charge in [-0.1, -0.05) is 232 Å². The van der Waals surface area contributed by atoms with Crippen molar-refractivity contribution in [3.05, 3.63) is 122 Å². The zero-order valence-electron chi connectivity index (χ0n) is 48.5. The maximum absolute atomic E-state index is 12.8. The van der Waals surface area contributed by atoms with E-state index in [1.807, 2.05) is 21.1 Å². The van der Waals surface area contributed by atoms with Gasteiger partial charge in [0.2, 0.25) is 0 Å². The van der Waals surface area contributed by atoms with E-state index in [1.165, 1.54) is 70.6 Å². The summed E-state index contributed by atoms with van der Waals surface area (Å²) in [7, 11) is 1.46. The van der Waals surface area contributed by atoms with E-state index in [4.69, 9.17) is 18.5 Å². The summed E-state index contributed by atoms with van der Waals surface area (Å²) in [6, 6.07) is 0. The topological polar surface area (TPSA) is 108 Å². The third kappa shape index (κ3) is 59.5. The highest BCUT2D eigenvalue weighted by atomic mass is 31.2. The van der Waals surface area contributed by atoms with Crippen LogP contribution in [0.5, 0.6) is 0 Å². The zero-order valence-corrected chi connectivity index (χ0v) is 49.4. The number of likely N-dealkylation sites (N-methyl/N-ethyl adjacent to an activating group) is 1. The summed E-state index contributed by atoms with van der Waals surface area (Å²) >= 11 is 0. The molecule has 0 rings (SSSR count). The number of carbonyl (C=O) groups is 2. The molecule has 0 aromatic carbocycles. The molecule has 0 bridgehead atoms. The molecule has 428 valence electrons. The van der Waals surface area contributed by atoms with E-state index in [-0.39, 0.29) is 32.0 Å². The lowest BCUT2D eigenvalue weighted by molar-refractivity contribution is -0.870. The fourth-order valence-corrected chi connectivity index (χ4v) is 8.40. The first kappa shape index (κ1) is 71.4. The number of hydrogen-bond acceptors (Lipinski definition) is 7. The summed E-state index contributed by atoms with van der Waals surface area (Å²) < 4.78 is 34.4. The predicted octanol–water partition coefficient (Wildman–Crippen LogP) is 18.8. The molecule has 0 saturated heterocycles. The van der Waals surface area contributed by atoms with Gasteiger partial charge in [-0.2, -0.15) is 0 Å². The predicted molar refractivity (Wildman–Crippen MR) is 321 cm³/mol. The number of hydrogen-bond donors (Lipinski definition) is 1. The highest BCUT2D eigenvalue weighted by molar-refractivity contribution is 7.47. The van der Waals surface area contributed by atoms with Crippen LogP contribution in [0.15, 0.2) is 122 Å². The Bertz CT molecular complexity index is 1680. The van der Waals surface area contributed by atoms with Crippen molar-refractivity contribution in [1.82, 2.24) is 0 Å². The normalized spacial score (nSPS) is 14.2. The van der Waals surface area contributed by atoms with E-state index in [2.05, 4.69) is 135 Å². The van der Waals surface area contributed by atoms with Gasteiger partial charge in [-0.25, -0.2) is 4.57 Å². The maximum atomic E-state index is 12.8. The maximum Gasteiger partial charge on any atom is 0.472 e. The average molecular weight is 1070 g/mol. The molecule has 75 heavy (non-hydrogen) atoms. The molecule has 0 spiro atoms. The van der Waals surface area contributed by atoms with Gasteiger partial charge in [-0.3, -0.25) is 18.6 Å². The molecule has 0 aromatic rings. The van der Waals surface area contributed by atoms with E-state index in [9.17, 15) is 19.0 Å². The fraction of sp³-hybridized carbons (Fsp3) is 0.662. The van der Waals surface area contributed by atoms with Crippen molar-refractivity contribution < 1.29 is 42.1 Å². The smallest absolute Gasteiger partial charge is 0.462 e. The third-order valence-corrected chi connectivity index (χ3v) is 13.2. The van der Waals surface area contributed by atoms with E-state index in [0.717, 1.165) is 122 Å². The van der Waals surface area contributed by atoms with Crippen LogP contribution in [0.25, 0.3) is 0 Å². The van der Waals surface area contributed by atoms with Crippen LogP contribution < -0.4 is 0 Å². The van der Waals surface area contributed by atoms with Gasteiger partial charge in [0, 0.05) is 12.8 Å². The minimum atomic E-state index is -4.39. The molecule has 2 unspecified atom stereocenters. The van der Waals surface area contributed by atoms with E-state index >= 15 is 0 Å². The molecule has 1 N–H and O–H groups in total. The SMILES string of the molecule is CC/C=C\C/C=C\C/C=C\C/C=C\C/C=C\C/C=C\C/C=C\C/C=C\C/C=C\CCCCCCCCCCCCCCCC(=O)OC(COC(=O)CCCCCCC/C=C\CCC)COP(=O)(O)OCC[N+](C)(C)C. The molecule has 0 saturated carbocycles. The molecule has 0 aliphatic heterocycles. The molecule has 0 aliphatic carbocycles. The summed E-state index contributed by atoms with van der Waals surface area (Å²) in [5.74, 6) is -0.817. The molecule has 0 radical (unpaired) electrons. The Hall–Kier alpha value is -3.59. The van der Waals surface area contributed by atoms with Crippen LogP contribution in [-0.4, -0.2) is 74.9 Å². The van der Waals surface area contributed by atoms with Crippen molar-refractivity contribution in [2.24, 2.45) is 0 Å². The second-order valence-corrected chi connectivity index (χ2v) is 22.1. The van der Waals surface area contributed by atoms with Gasteiger partial charge in [0.15, 0.2) is 6.10 Å². The fourth-order valence-electron chi connectivity index (χ4n) is 7.66. The Morgan fingerprint density at radius 1 is 0.427 bits per heavy atom. The van der Waals surface area contributed by atoms with Crippen molar-refractivity contribution in [3.8, 4) is 0 Å². The van der Waals surface area contributed by atoms with E-state index in [1.54, 1.807) is 0 Å². The van der Waals surface area contributed by atoms with Crippen LogP contribution in [0.4, 0.5) is 0 Å². The Labute approximate surface area is 460 Å². The molecule has 0 aliphatic rings. The quantitative estimate of drug-likeness (QED) is 0.0211. The summed E-state index contributed by atoms with van der Waals surface area (Å²) in [5.41, 5.74) is 0. The molecule has 0 fully saturated rings. The highest BCUT2D eigenvalue weighted by Gasteiger charge is 2.27. The summed E-state index contributed by atoms with van der Waals surface area (Å²) in [5, 5.41) is 0. The Balaban J connectivity index is 3.98. The molecule has 0 heterocycles. The van der Waals surface area contributed by atoms with Gasteiger partial charge in [0.1, 0.15) is 19.8 Å². The largest absolute Gasteiger partial charge is 0.472 e. The van der Waals surface area contributed by atoms with Crippen LogP contribution in [0.2, 0.25) is 0 Å². The number of quaternary nitrogens is 1. The number of unbranched alkanes of at least 4 members (excludes halogenated alkanes) is 19. The van der Waals surface area contributed by atoms with Crippen molar-refractivity contribution in [2.45, 2.75) is 232 Å². The van der Waals surface area contributed by atoms with Gasteiger partial charge >= 0.3 is 19.8 Å². The van der Waals surface area contributed by atoms with Crippen LogP contribution >= 0.6 is 7.82 Å². The summed E-state index contributed by atoms with van der Waals surface area (Å²) in [4.78, 5) is 35.5. The van der Waals surface area contributed by atoms with Crippen LogP contribution in [0.3, 0.4) is 0 Å². The second kappa shape index (κ2) is 55.2. The first-order chi connectivity index (χ1) is 36.5. The molecule has 10 heteroatoms. The van der Waals surface area contributed by atoms with Crippen molar-refractivity contribution in [3.63, 3.8) is 0 Å². The molecule has 0 amide bonds. The lowest BCUT2D eigenvalue weighted by Crippen LogP contribution is -2.37. The molecule has 2 atom stereocenters. The monoisotopic (exact) mass is 1060 g/mol. The van der Waals surface area contributed by atoms with Crippen LogP contribution in [-0.2, 0) is 32.7 Å². The highest BCUT2D eigenvalue weighted by Crippen LogP contribution is 2.43.